The van der Waals surface area contributed by atoms with Crippen molar-refractivity contribution in [3.8, 4) is 11.5 Å². The number of benzene rings is 1. The van der Waals surface area contributed by atoms with Crippen molar-refractivity contribution in [3.63, 3.8) is 0 Å². The van der Waals surface area contributed by atoms with E-state index in [2.05, 4.69) is 56.8 Å². The number of ether oxygens (including phenoxy) is 1. The second-order valence-corrected chi connectivity index (χ2v) is 7.15. The van der Waals surface area contributed by atoms with E-state index in [1.54, 1.807) is 7.11 Å². The van der Waals surface area contributed by atoms with Crippen molar-refractivity contribution in [2.24, 2.45) is 4.99 Å². The molecule has 30 heavy (non-hydrogen) atoms. The van der Waals surface area contributed by atoms with E-state index in [9.17, 15) is 0 Å². The summed E-state index contributed by atoms with van der Waals surface area (Å²) in [5.41, 5.74) is 2.19. The summed E-state index contributed by atoms with van der Waals surface area (Å²) in [7, 11) is 3.86. The van der Waals surface area contributed by atoms with Crippen LogP contribution < -0.4 is 10.6 Å². The smallest absolute Gasteiger partial charge is 0.257 e. The minimum Gasteiger partial charge on any atom is -0.385 e. The van der Waals surface area contributed by atoms with Crippen LogP contribution in [-0.4, -0.2) is 74.5 Å². The topological polar surface area (TPSA) is 87.8 Å². The summed E-state index contributed by atoms with van der Waals surface area (Å²) in [6.07, 6.45) is 2.72. The van der Waals surface area contributed by atoms with Gasteiger partial charge in [0.2, 0.25) is 0 Å². The molecule has 1 heterocycles. The number of nitrogens with one attached hydrogen (secondary N) is 2. The van der Waals surface area contributed by atoms with E-state index in [-0.39, 0.29) is 0 Å². The van der Waals surface area contributed by atoms with Crippen molar-refractivity contribution in [2.45, 2.75) is 33.1 Å². The molecule has 8 heteroatoms. The minimum atomic E-state index is 0.574. The quantitative estimate of drug-likeness (QED) is 0.294. The van der Waals surface area contributed by atoms with Crippen molar-refractivity contribution >= 4 is 5.96 Å². The molecule has 0 aliphatic heterocycles. The lowest BCUT2D eigenvalue weighted by atomic mass is 10.1. The number of likely N-dealkylation sites (N-methyl/N-ethyl adjacent to an activating group) is 1. The lowest BCUT2D eigenvalue weighted by Gasteiger charge is -2.16. The maximum absolute atomic E-state index is 5.30. The van der Waals surface area contributed by atoms with Gasteiger partial charge in [-0.3, -0.25) is 4.99 Å². The molecule has 0 aliphatic carbocycles. The number of aliphatic imine (C=N–C) groups is 1. The van der Waals surface area contributed by atoms with Gasteiger partial charge in [0.05, 0.1) is 6.54 Å². The fraction of sp³-hybridized carbons (Fsp3) is 0.591. The zero-order chi connectivity index (χ0) is 21.6. The molecule has 0 saturated carbocycles. The normalized spacial score (nSPS) is 11.8. The molecular weight excluding hydrogens is 380 g/mol. The Kier molecular flexibility index (Phi) is 10.9. The van der Waals surface area contributed by atoms with Crippen LogP contribution in [0.3, 0.4) is 0 Å². The van der Waals surface area contributed by atoms with Crippen LogP contribution in [0.5, 0.6) is 0 Å². The Morgan fingerprint density at radius 3 is 2.63 bits per heavy atom. The highest BCUT2D eigenvalue weighted by Gasteiger charge is 2.07. The van der Waals surface area contributed by atoms with Gasteiger partial charge in [0, 0.05) is 51.9 Å². The molecule has 2 N–H and O–H groups in total. The largest absolute Gasteiger partial charge is 0.385 e. The fourth-order valence-corrected chi connectivity index (χ4v) is 2.92. The first-order chi connectivity index (χ1) is 14.7. The number of aryl methyl sites for hydroxylation is 1. The number of aromatic nitrogens is 2. The van der Waals surface area contributed by atoms with Gasteiger partial charge in [0.1, 0.15) is 0 Å². The highest BCUT2D eigenvalue weighted by atomic mass is 16.5. The first kappa shape index (κ1) is 23.8. The van der Waals surface area contributed by atoms with E-state index in [1.807, 2.05) is 19.1 Å². The summed E-state index contributed by atoms with van der Waals surface area (Å²) in [5.74, 6) is 2.16. The van der Waals surface area contributed by atoms with Crippen LogP contribution in [0.15, 0.2) is 33.8 Å². The molecule has 0 unspecified atom stereocenters. The third kappa shape index (κ3) is 8.51. The Morgan fingerprint density at radius 1 is 1.17 bits per heavy atom. The minimum absolute atomic E-state index is 0.574. The standard InChI is InChI=1S/C22H36N6O2/c1-5-20-26-21(30-27-20)19-10-8-18(9-11-19)12-13-24-22(23-6-2)25-14-16-28(3)15-7-17-29-4/h8-11H,5-7,12-17H2,1-4H3,(H2,23,24,25). The Balaban J connectivity index is 1.76. The monoisotopic (exact) mass is 416 g/mol. The zero-order valence-corrected chi connectivity index (χ0v) is 18.8. The van der Waals surface area contributed by atoms with E-state index in [4.69, 9.17) is 9.26 Å². The summed E-state index contributed by atoms with van der Waals surface area (Å²) < 4.78 is 10.4. The number of methoxy groups -OCH3 is 1. The van der Waals surface area contributed by atoms with Crippen molar-refractivity contribution < 1.29 is 9.26 Å². The lowest BCUT2D eigenvalue weighted by Crippen LogP contribution is -2.39. The predicted molar refractivity (Wildman–Crippen MR) is 121 cm³/mol. The van der Waals surface area contributed by atoms with Gasteiger partial charge in [0.25, 0.3) is 5.89 Å². The van der Waals surface area contributed by atoms with Crippen molar-refractivity contribution in [2.75, 3.05) is 53.5 Å². The van der Waals surface area contributed by atoms with Gasteiger partial charge >= 0.3 is 0 Å². The van der Waals surface area contributed by atoms with Gasteiger partial charge in [-0.2, -0.15) is 4.98 Å². The molecule has 166 valence electrons. The molecule has 8 nitrogen and oxygen atoms in total. The predicted octanol–water partition coefficient (Wildman–Crippen LogP) is 2.36. The van der Waals surface area contributed by atoms with Gasteiger partial charge in [-0.1, -0.05) is 24.2 Å². The highest BCUT2D eigenvalue weighted by Crippen LogP contribution is 2.18. The van der Waals surface area contributed by atoms with Crippen LogP contribution in [0.1, 0.15) is 31.7 Å². The highest BCUT2D eigenvalue weighted by molar-refractivity contribution is 5.79. The maximum Gasteiger partial charge on any atom is 0.257 e. The van der Waals surface area contributed by atoms with Gasteiger partial charge in [-0.25, -0.2) is 0 Å². The first-order valence-electron chi connectivity index (χ1n) is 10.8. The van der Waals surface area contributed by atoms with Gasteiger partial charge < -0.3 is 24.8 Å². The molecular formula is C22H36N6O2. The average molecular weight is 417 g/mol. The molecule has 1 aromatic carbocycles. The second-order valence-electron chi connectivity index (χ2n) is 7.15. The zero-order valence-electron chi connectivity index (χ0n) is 18.8. The van der Waals surface area contributed by atoms with Crippen LogP contribution in [-0.2, 0) is 17.6 Å². The summed E-state index contributed by atoms with van der Waals surface area (Å²) in [5, 5.41) is 10.7. The summed E-state index contributed by atoms with van der Waals surface area (Å²) in [6, 6.07) is 8.26. The lowest BCUT2D eigenvalue weighted by molar-refractivity contribution is 0.180. The van der Waals surface area contributed by atoms with E-state index in [0.29, 0.717) is 5.89 Å². The average Bonchev–Trinajstić information content (AvgIpc) is 3.24. The molecule has 0 fully saturated rings. The number of hydrogen-bond donors (Lipinski definition) is 2. The number of hydrogen-bond acceptors (Lipinski definition) is 6. The molecule has 2 aromatic rings. The summed E-state index contributed by atoms with van der Waals surface area (Å²) >= 11 is 0. The Hall–Kier alpha value is -2.45. The first-order valence-corrected chi connectivity index (χ1v) is 10.8. The van der Waals surface area contributed by atoms with E-state index in [0.717, 1.165) is 75.9 Å². The SMILES string of the molecule is CCNC(=NCCN(C)CCCOC)NCCc1ccc(-c2nc(CC)no2)cc1. The van der Waals surface area contributed by atoms with Crippen molar-refractivity contribution in [1.29, 1.82) is 0 Å². The summed E-state index contributed by atoms with van der Waals surface area (Å²) in [4.78, 5) is 11.3. The molecule has 0 amide bonds. The second kappa shape index (κ2) is 13.7. The van der Waals surface area contributed by atoms with Gasteiger partial charge in [0.15, 0.2) is 11.8 Å². The Labute approximate surface area is 180 Å². The third-order valence-corrected chi connectivity index (χ3v) is 4.68. The molecule has 0 saturated heterocycles. The molecule has 0 spiro atoms. The Morgan fingerprint density at radius 2 is 1.97 bits per heavy atom. The molecule has 0 bridgehead atoms. The number of rotatable bonds is 13. The molecule has 2 rings (SSSR count). The maximum atomic E-state index is 5.30. The number of guanidine groups is 1. The van der Waals surface area contributed by atoms with Gasteiger partial charge in [-0.15, -0.1) is 0 Å². The molecule has 0 radical (unpaired) electrons. The van der Waals surface area contributed by atoms with Crippen LogP contribution >= 0.6 is 0 Å². The van der Waals surface area contributed by atoms with Crippen LogP contribution in [0, 0.1) is 0 Å². The third-order valence-electron chi connectivity index (χ3n) is 4.68. The van der Waals surface area contributed by atoms with E-state index in [1.165, 1.54) is 5.56 Å². The van der Waals surface area contributed by atoms with Crippen LogP contribution in [0.25, 0.3) is 11.5 Å². The van der Waals surface area contributed by atoms with Crippen molar-refractivity contribution in [1.82, 2.24) is 25.7 Å². The molecule has 0 atom stereocenters. The van der Waals surface area contributed by atoms with Crippen LogP contribution in [0.2, 0.25) is 0 Å². The molecule has 0 aliphatic rings. The number of nitrogens with zero attached hydrogens (tertiary/aromatic N) is 4. The van der Waals surface area contributed by atoms with Gasteiger partial charge in [-0.05, 0) is 44.5 Å². The summed E-state index contributed by atoms with van der Waals surface area (Å²) in [6.45, 7) is 9.25. The Bertz CT molecular complexity index is 744. The van der Waals surface area contributed by atoms with Crippen LogP contribution in [0.4, 0.5) is 0 Å². The fourth-order valence-electron chi connectivity index (χ4n) is 2.92. The van der Waals surface area contributed by atoms with Crippen molar-refractivity contribution in [3.05, 3.63) is 35.7 Å². The van der Waals surface area contributed by atoms with E-state index >= 15 is 0 Å². The molecule has 1 aromatic heterocycles. The van der Waals surface area contributed by atoms with E-state index < -0.39 is 0 Å².